The highest BCUT2D eigenvalue weighted by Gasteiger charge is 2.39. The summed E-state index contributed by atoms with van der Waals surface area (Å²) in [5, 5.41) is 26.3. The van der Waals surface area contributed by atoms with Gasteiger partial charge in [-0.3, -0.25) is 0 Å². The van der Waals surface area contributed by atoms with E-state index in [-0.39, 0.29) is 21.7 Å². The van der Waals surface area contributed by atoms with E-state index in [0.29, 0.717) is 11.1 Å². The first kappa shape index (κ1) is 50.1. The van der Waals surface area contributed by atoms with Crippen molar-refractivity contribution in [3.05, 3.63) is 166 Å². The predicted molar refractivity (Wildman–Crippen MR) is 308 cm³/mol. The normalized spacial score (nSPS) is 13.1. The van der Waals surface area contributed by atoms with Crippen molar-refractivity contribution < 1.29 is 0 Å². The molecule has 4 nitrogen and oxygen atoms in total. The van der Waals surface area contributed by atoms with Crippen LogP contribution >= 0.6 is 0 Å². The van der Waals surface area contributed by atoms with Crippen molar-refractivity contribution in [2.75, 3.05) is 0 Å². The lowest BCUT2D eigenvalue weighted by Gasteiger charge is -2.38. The van der Waals surface area contributed by atoms with Crippen LogP contribution in [0, 0.1) is 22.7 Å². The van der Waals surface area contributed by atoms with Crippen molar-refractivity contribution in [1.29, 1.82) is 10.5 Å². The number of hydrogen-bond donors (Lipinski definition) is 0. The van der Waals surface area contributed by atoms with Crippen LogP contribution in [0.15, 0.2) is 121 Å². The molecule has 7 aromatic carbocycles. The number of nitriles is 2. The fraction of sp³-hybridized carbons (Fsp3) is 0.353. The second-order valence-electron chi connectivity index (χ2n) is 26.7. The van der Waals surface area contributed by atoms with Gasteiger partial charge in [0.25, 0.3) is 0 Å². The number of hydrogen-bond acceptors (Lipinski definition) is 2. The number of rotatable bonds is 4. The van der Waals surface area contributed by atoms with Gasteiger partial charge in [0.15, 0.2) is 0 Å². The van der Waals surface area contributed by atoms with Gasteiger partial charge in [0.2, 0.25) is 0 Å². The molecule has 0 bridgehead atoms. The Balaban J connectivity index is 1.66. The Hall–Kier alpha value is -6.88. The first-order valence-corrected chi connectivity index (χ1v) is 25.9. The Morgan fingerprint density at radius 3 is 0.847 bits per heavy atom. The summed E-state index contributed by atoms with van der Waals surface area (Å²) in [6, 6.07) is 49.9. The predicted octanol–water partition coefficient (Wildman–Crippen LogP) is 18.7. The molecule has 9 rings (SSSR count). The van der Waals surface area contributed by atoms with Crippen LogP contribution in [0.2, 0.25) is 0 Å². The van der Waals surface area contributed by atoms with Gasteiger partial charge >= 0.3 is 0 Å². The topological polar surface area (TPSA) is 57.4 Å². The van der Waals surface area contributed by atoms with Gasteiger partial charge in [0.1, 0.15) is 0 Å². The van der Waals surface area contributed by atoms with Gasteiger partial charge in [-0.1, -0.05) is 173 Å². The van der Waals surface area contributed by atoms with E-state index in [1.54, 1.807) is 0 Å². The molecule has 0 N–H and O–H groups in total. The zero-order chi connectivity index (χ0) is 52.4. The Morgan fingerprint density at radius 1 is 0.319 bits per heavy atom. The van der Waals surface area contributed by atoms with Crippen LogP contribution in [0.25, 0.3) is 77.2 Å². The van der Waals surface area contributed by atoms with Crippen LogP contribution in [0.3, 0.4) is 0 Å². The molecular formula is C68H74N4. The second kappa shape index (κ2) is 16.9. The lowest BCUT2D eigenvalue weighted by atomic mass is 9.71. The summed E-state index contributed by atoms with van der Waals surface area (Å²) < 4.78 is 5.12. The van der Waals surface area contributed by atoms with Gasteiger partial charge in [-0.2, -0.15) is 10.5 Å². The molecule has 0 aliphatic heterocycles. The van der Waals surface area contributed by atoms with Gasteiger partial charge in [0, 0.05) is 32.7 Å². The molecule has 2 heterocycles. The van der Waals surface area contributed by atoms with Crippen LogP contribution in [0.1, 0.15) is 169 Å². The van der Waals surface area contributed by atoms with Crippen LogP contribution < -0.4 is 0 Å². The average molecular weight is 947 g/mol. The molecule has 366 valence electrons. The highest BCUT2D eigenvalue weighted by Crippen LogP contribution is 2.55. The maximum Gasteiger partial charge on any atom is 0.0991 e. The molecule has 9 aromatic rings. The van der Waals surface area contributed by atoms with Crippen molar-refractivity contribution in [3.63, 3.8) is 0 Å². The van der Waals surface area contributed by atoms with Crippen molar-refractivity contribution in [2.24, 2.45) is 0 Å². The Labute approximate surface area is 429 Å². The molecular weight excluding hydrogens is 873 g/mol. The summed E-state index contributed by atoms with van der Waals surface area (Å²) in [4.78, 5) is 0. The molecule has 2 aromatic heterocycles. The summed E-state index contributed by atoms with van der Waals surface area (Å²) in [6.45, 7) is 41.7. The number of benzene rings is 7. The molecule has 0 amide bonds. The van der Waals surface area contributed by atoms with Crippen LogP contribution in [0.5, 0.6) is 0 Å². The quantitative estimate of drug-likeness (QED) is 0.176. The third kappa shape index (κ3) is 8.52. The standard InChI is InChI=1S/C68H74N4/c1-63(2,3)45-25-29-53-49(35-45)50-36-46(64(4,5)6)26-30-54(50)71(53)61-57(43-23-19-21-41(33-43)39-69)59(67(13,14)15)62(60(68(16,17)18)58(61)44-24-20-22-42(34-44)40-70)72-55-31-27-47(65(7,8)9)37-51(55)52-38-48(66(10,11)12)28-32-56(52)72/h19-38H,1-18H3. The molecule has 0 radical (unpaired) electrons. The van der Waals surface area contributed by atoms with Crippen LogP contribution in [-0.4, -0.2) is 9.13 Å². The molecule has 0 saturated carbocycles. The highest BCUT2D eigenvalue weighted by atomic mass is 15.0. The van der Waals surface area contributed by atoms with E-state index in [0.717, 1.165) is 55.7 Å². The molecule has 72 heavy (non-hydrogen) atoms. The van der Waals surface area contributed by atoms with Crippen molar-refractivity contribution in [2.45, 2.75) is 157 Å². The third-order valence-corrected chi connectivity index (χ3v) is 14.9. The molecule has 0 spiro atoms. The first-order valence-electron chi connectivity index (χ1n) is 25.9. The minimum atomic E-state index is -0.466. The highest BCUT2D eigenvalue weighted by molar-refractivity contribution is 6.14. The molecule has 0 unspecified atom stereocenters. The molecule has 0 atom stereocenters. The van der Waals surface area contributed by atoms with Crippen molar-refractivity contribution >= 4 is 43.6 Å². The van der Waals surface area contributed by atoms with Gasteiger partial charge in [-0.25, -0.2) is 0 Å². The molecule has 0 aliphatic rings. The van der Waals surface area contributed by atoms with E-state index in [1.807, 2.05) is 24.3 Å². The summed E-state index contributed by atoms with van der Waals surface area (Å²) in [6.07, 6.45) is 0. The maximum absolute atomic E-state index is 10.7. The maximum atomic E-state index is 10.7. The molecule has 0 saturated heterocycles. The molecule has 0 aliphatic carbocycles. The van der Waals surface area contributed by atoms with Gasteiger partial charge in [-0.05, 0) is 150 Å². The van der Waals surface area contributed by atoms with E-state index in [1.165, 1.54) is 54.9 Å². The fourth-order valence-corrected chi connectivity index (χ4v) is 11.1. The fourth-order valence-electron chi connectivity index (χ4n) is 11.1. The Bertz CT molecular complexity index is 3510. The zero-order valence-corrected chi connectivity index (χ0v) is 46.3. The average Bonchev–Trinajstić information content (AvgIpc) is 3.80. The summed E-state index contributed by atoms with van der Waals surface area (Å²) >= 11 is 0. The lowest BCUT2D eigenvalue weighted by Crippen LogP contribution is -2.26. The molecule has 0 fully saturated rings. The van der Waals surface area contributed by atoms with Gasteiger partial charge in [-0.15, -0.1) is 0 Å². The van der Waals surface area contributed by atoms with Gasteiger partial charge in [0.05, 0.1) is 56.7 Å². The second-order valence-corrected chi connectivity index (χ2v) is 26.7. The van der Waals surface area contributed by atoms with Crippen LogP contribution in [-0.2, 0) is 32.5 Å². The summed E-state index contributed by atoms with van der Waals surface area (Å²) in [5.74, 6) is 0. The minimum Gasteiger partial charge on any atom is -0.309 e. The first-order chi connectivity index (χ1) is 33.4. The number of nitrogens with zero attached hydrogens (tertiary/aromatic N) is 4. The largest absolute Gasteiger partial charge is 0.309 e. The smallest absolute Gasteiger partial charge is 0.0991 e. The van der Waals surface area contributed by atoms with Gasteiger partial charge < -0.3 is 9.13 Å². The SMILES string of the molecule is CC(C)(C)c1ccc2c(c1)c1cc(C(C)(C)C)ccc1n2-c1c(-c2cccc(C#N)c2)c(C(C)(C)C)c(-n2c3ccc(C(C)(C)C)cc3c3cc(C(C)(C)C)ccc32)c(C(C)(C)C)c1-c1cccc(C#N)c1. The van der Waals surface area contributed by atoms with E-state index in [4.69, 9.17) is 0 Å². The van der Waals surface area contributed by atoms with E-state index in [9.17, 15) is 10.5 Å². The van der Waals surface area contributed by atoms with E-state index >= 15 is 0 Å². The lowest BCUT2D eigenvalue weighted by molar-refractivity contribution is 0.565. The Morgan fingerprint density at radius 2 is 0.597 bits per heavy atom. The summed E-state index contributed by atoms with van der Waals surface area (Å²) in [7, 11) is 0. The Kier molecular flexibility index (Phi) is 11.7. The monoisotopic (exact) mass is 947 g/mol. The van der Waals surface area contributed by atoms with Crippen molar-refractivity contribution in [3.8, 4) is 45.8 Å². The van der Waals surface area contributed by atoms with Crippen LogP contribution in [0.4, 0.5) is 0 Å². The van der Waals surface area contributed by atoms with E-state index < -0.39 is 10.8 Å². The number of aromatic nitrogens is 2. The van der Waals surface area contributed by atoms with Crippen molar-refractivity contribution in [1.82, 2.24) is 9.13 Å². The minimum absolute atomic E-state index is 0.0690. The zero-order valence-electron chi connectivity index (χ0n) is 46.3. The number of fused-ring (bicyclic) bond motifs is 6. The third-order valence-electron chi connectivity index (χ3n) is 14.9. The molecule has 4 heteroatoms. The summed E-state index contributed by atoms with van der Waals surface area (Å²) in [5.41, 5.74) is 18.2. The van der Waals surface area contributed by atoms with E-state index in [2.05, 4.69) is 243 Å².